The summed E-state index contributed by atoms with van der Waals surface area (Å²) in [6.07, 6.45) is 0. The van der Waals surface area contributed by atoms with Crippen LogP contribution in [-0.2, 0) is 34.1 Å². The van der Waals surface area contributed by atoms with Crippen LogP contribution in [0.2, 0.25) is 21.1 Å². The summed E-state index contributed by atoms with van der Waals surface area (Å²) in [6, 6.07) is 35.2. The van der Waals surface area contributed by atoms with Crippen LogP contribution in [0.25, 0.3) is 43.1 Å². The largest absolute Gasteiger partial charge is 0.506 e. The van der Waals surface area contributed by atoms with E-state index in [-0.39, 0.29) is 217 Å². The van der Waals surface area contributed by atoms with E-state index in [1.807, 2.05) is 52.0 Å². The molecule has 0 bridgehead atoms. The first-order chi connectivity index (χ1) is 64.5. The molecule has 0 atom stereocenters. The number of hydrogen-bond donors (Lipinski definition) is 16. The number of aromatic nitrogens is 12. The van der Waals surface area contributed by atoms with E-state index in [1.54, 1.807) is 76.2 Å². The van der Waals surface area contributed by atoms with E-state index in [9.17, 15) is 81.3 Å². The first kappa shape index (κ1) is 101. The SMILES string of the molecule is Cc1cc(Nc2nc(N)nc(Cl)n2)c2c(O)c(N=Nc3cc([N+](=O)[O-])ccc3O)c(C)cc2c1.Cc1cc(Nc2nc(N)nc(Cl)n2)c2c(O)c(N=Nc3cc([N+](=O)[O-])ccc3O)c(C)cc2c1.Cc1cc(Nc2nc(N)nc(Cl)n2)c2c(O)c(N=Nc3cc([N+](=O)[O-])ccc3O)c(C)cc2c1.Cc1cc(Nc2nc(N)nc(Cl)n2)c2c(O)c(N=Nc3cc([N+](=O)[O-])ccc3O)c(C)cc2c1.[Co].[Cr]. The molecule has 0 aliphatic heterocycles. The molecule has 20 N–H and O–H groups in total. The molecule has 0 aliphatic carbocycles. The molecule has 138 heavy (non-hydrogen) atoms. The smallest absolute Gasteiger partial charge is 0.271 e. The van der Waals surface area contributed by atoms with Crippen molar-refractivity contribution in [1.82, 2.24) is 59.8 Å². The quantitative estimate of drug-likeness (QED) is 0.0191. The number of fused-ring (bicyclic) bond motifs is 4. The van der Waals surface area contributed by atoms with Gasteiger partial charge in [0.05, 0.1) is 42.4 Å². The molecule has 0 spiro atoms. The molecular formula is C84H68Cl4CoCrN32O16. The standard InChI is InChI=1S/4C21H17ClN8O4.Co.Cr/c4*1-9-5-11-7-10(2)17(29-28-13-8-12(30(33)34)3-4-15(13)31)18(32)16(11)14(6-9)24-21-26-19(22)25-20(23)27-21;;/h4*3-8,31-32H,1-2H3,(H3,23,24,25,26,27);;. The minimum absolute atomic E-state index is 0. The van der Waals surface area contributed by atoms with Gasteiger partial charge in [-0.05, 0) is 241 Å². The molecule has 4 heterocycles. The number of benzene rings is 12. The number of nitro groups is 4. The van der Waals surface area contributed by atoms with Crippen molar-refractivity contribution in [3.63, 3.8) is 0 Å². The first-order valence-electron chi connectivity index (χ1n) is 38.9. The van der Waals surface area contributed by atoms with E-state index < -0.39 is 19.7 Å². The molecule has 703 valence electrons. The number of anilines is 12. The number of non-ortho nitro benzene ring substituents is 4. The molecule has 16 rings (SSSR count). The Balaban J connectivity index is 0.000000176. The zero-order valence-electron chi connectivity index (χ0n) is 72.0. The maximum Gasteiger partial charge on any atom is 0.271 e. The number of rotatable bonds is 20. The average Bonchev–Trinajstić information content (AvgIpc) is 0.778. The molecule has 48 nitrogen and oxygen atoms in total. The minimum atomic E-state index is -0.613. The molecule has 12 aromatic carbocycles. The number of nitro benzene ring substituents is 4. The number of nitrogens with zero attached hydrogens (tertiary/aromatic N) is 24. The summed E-state index contributed by atoms with van der Waals surface area (Å²) in [5.74, 6) is -2.02. The fourth-order valence-corrected chi connectivity index (χ4v) is 14.2. The van der Waals surface area contributed by atoms with E-state index in [0.29, 0.717) is 88.1 Å². The predicted octanol–water partition coefficient (Wildman–Crippen LogP) is 21.4. The van der Waals surface area contributed by atoms with Crippen molar-refractivity contribution in [2.24, 2.45) is 40.9 Å². The zero-order valence-corrected chi connectivity index (χ0v) is 77.3. The Kier molecular flexibility index (Phi) is 31.4. The second kappa shape index (κ2) is 42.7. The molecule has 0 aliphatic rings. The number of nitrogen functional groups attached to an aromatic ring is 4. The van der Waals surface area contributed by atoms with Gasteiger partial charge in [0.1, 0.15) is 68.5 Å². The third-order valence-electron chi connectivity index (χ3n) is 19.3. The Morgan fingerprint density at radius 1 is 0.283 bits per heavy atom. The number of halogens is 4. The second-order valence-corrected chi connectivity index (χ2v) is 30.7. The van der Waals surface area contributed by atoms with Crippen molar-refractivity contribution in [2.45, 2.75) is 55.4 Å². The third-order valence-corrected chi connectivity index (χ3v) is 20.0. The number of hydrogen-bond acceptors (Lipinski definition) is 44. The van der Waals surface area contributed by atoms with Crippen LogP contribution < -0.4 is 44.2 Å². The van der Waals surface area contributed by atoms with E-state index in [0.717, 1.165) is 95.1 Å². The Morgan fingerprint density at radius 2 is 0.471 bits per heavy atom. The van der Waals surface area contributed by atoms with Gasteiger partial charge in [0.15, 0.2) is 23.0 Å². The van der Waals surface area contributed by atoms with Crippen LogP contribution in [0.1, 0.15) is 44.5 Å². The maximum atomic E-state index is 11.1. The van der Waals surface area contributed by atoms with Crippen LogP contribution in [0.3, 0.4) is 0 Å². The number of azo groups is 4. The second-order valence-electron chi connectivity index (χ2n) is 29.4. The van der Waals surface area contributed by atoms with Crippen LogP contribution in [0.5, 0.6) is 46.0 Å². The fourth-order valence-electron chi connectivity index (χ4n) is 13.5. The van der Waals surface area contributed by atoms with E-state index in [1.165, 1.54) is 0 Å². The van der Waals surface area contributed by atoms with Gasteiger partial charge >= 0.3 is 0 Å². The van der Waals surface area contributed by atoms with Gasteiger partial charge < -0.3 is 85.1 Å². The van der Waals surface area contributed by atoms with Gasteiger partial charge in [-0.1, -0.05) is 24.3 Å². The van der Waals surface area contributed by atoms with Crippen LogP contribution >= 0.6 is 46.4 Å². The third kappa shape index (κ3) is 23.8. The topological polar surface area (TPSA) is 740 Å². The average molecular weight is 2030 g/mol. The molecule has 0 fully saturated rings. The molecular weight excluding hydrogens is 1970 g/mol. The van der Waals surface area contributed by atoms with Gasteiger partial charge in [-0.2, -0.15) is 59.8 Å². The van der Waals surface area contributed by atoms with Crippen molar-refractivity contribution in [2.75, 3.05) is 44.2 Å². The molecule has 0 saturated carbocycles. The van der Waals surface area contributed by atoms with Crippen molar-refractivity contribution in [3.8, 4) is 46.0 Å². The Bertz CT molecular complexity index is 6800. The summed E-state index contributed by atoms with van der Waals surface area (Å²) in [7, 11) is 0. The van der Waals surface area contributed by atoms with Crippen molar-refractivity contribution < 1.29 is 94.7 Å². The van der Waals surface area contributed by atoms with E-state index >= 15 is 0 Å². The number of aryl methyl sites for hydroxylation is 8. The summed E-state index contributed by atoms with van der Waals surface area (Å²) in [4.78, 5) is 88.5. The number of phenolic OH excluding ortho intramolecular Hbond substituents is 8. The normalized spacial score (nSPS) is 11.1. The first-order valence-corrected chi connectivity index (χ1v) is 40.4. The molecule has 0 amide bonds. The predicted molar refractivity (Wildman–Crippen MR) is 506 cm³/mol. The molecule has 4 aromatic heterocycles. The van der Waals surface area contributed by atoms with Crippen LogP contribution in [0.4, 0.5) is 139 Å². The van der Waals surface area contributed by atoms with Crippen LogP contribution in [-0.4, -0.2) is 120 Å². The number of nitrogens with one attached hydrogen (secondary N) is 4. The molecule has 1 radical (unpaired) electrons. The number of nitrogens with two attached hydrogens (primary N) is 4. The molecule has 0 unspecified atom stereocenters. The summed E-state index contributed by atoms with van der Waals surface area (Å²) < 4.78 is 0. The summed E-state index contributed by atoms with van der Waals surface area (Å²) in [5, 5.41) is 176. The number of aromatic hydroxyl groups is 8. The monoisotopic (exact) mass is 2030 g/mol. The van der Waals surface area contributed by atoms with Gasteiger partial charge in [-0.3, -0.25) is 40.5 Å². The van der Waals surface area contributed by atoms with Crippen molar-refractivity contribution in [3.05, 3.63) is 252 Å². The van der Waals surface area contributed by atoms with Crippen molar-refractivity contribution >= 4 is 228 Å². The molecule has 0 saturated heterocycles. The van der Waals surface area contributed by atoms with Gasteiger partial charge in [0, 0.05) is 104 Å². The minimum Gasteiger partial charge on any atom is -0.506 e. The Morgan fingerprint density at radius 3 is 0.645 bits per heavy atom. The fraction of sp³-hybridized carbons (Fsp3) is 0.0952. The molecule has 54 heteroatoms. The summed E-state index contributed by atoms with van der Waals surface area (Å²) in [5.41, 5.74) is 29.2. The van der Waals surface area contributed by atoms with Gasteiger partial charge in [-0.15, -0.1) is 40.9 Å². The van der Waals surface area contributed by atoms with Crippen LogP contribution in [0, 0.1) is 95.8 Å². The summed E-state index contributed by atoms with van der Waals surface area (Å²) >= 11 is 23.5. The van der Waals surface area contributed by atoms with Crippen molar-refractivity contribution in [1.29, 1.82) is 0 Å². The zero-order chi connectivity index (χ0) is 98.3. The number of phenols is 8. The van der Waals surface area contributed by atoms with Gasteiger partial charge in [0.2, 0.25) is 68.7 Å². The summed E-state index contributed by atoms with van der Waals surface area (Å²) in [6.45, 7) is 14.4. The Labute approximate surface area is 815 Å². The maximum absolute atomic E-state index is 11.1. The molecule has 16 aromatic rings. The van der Waals surface area contributed by atoms with Gasteiger partial charge in [0.25, 0.3) is 22.7 Å². The van der Waals surface area contributed by atoms with Gasteiger partial charge in [-0.25, -0.2) is 0 Å². The van der Waals surface area contributed by atoms with E-state index in [4.69, 9.17) is 69.3 Å². The Hall–Kier alpha value is -17.3. The van der Waals surface area contributed by atoms with E-state index in [2.05, 4.69) is 122 Å². The van der Waals surface area contributed by atoms with Crippen LogP contribution in [0.15, 0.2) is 187 Å².